The van der Waals surface area contributed by atoms with E-state index in [-0.39, 0.29) is 64.5 Å². The second kappa shape index (κ2) is 11.1. The van der Waals surface area contributed by atoms with Crippen LogP contribution in [-0.4, -0.2) is 95.5 Å². The standard InChI is InChI=1S/C32H38F3N7O3/c1-15-9-17(36)10-22(21(15)11-24(33)34)27-26(35)28-25-30(40-32(39-28)44-14-20-5-4-19-13-43-8-7-41(19)20)42-12-18-3-6-23(37-18)29(42)16(2)45-31(25)38-27/h9-10,16,18-20,23-24,29,37H,3-8,11-14,36H2,1-2H3/t16-,18+,19-,20-,23-,29+/m0/s1. The number of hydrogen-bond donors (Lipinski definition) is 2. The molecule has 45 heavy (non-hydrogen) atoms. The number of pyridine rings is 1. The van der Waals surface area contributed by atoms with Gasteiger partial charge in [0.1, 0.15) is 35.1 Å². The summed E-state index contributed by atoms with van der Waals surface area (Å²) in [6.07, 6.45) is 0.497. The Balaban J connectivity index is 1.28. The van der Waals surface area contributed by atoms with Crippen LogP contribution >= 0.6 is 0 Å². The maximum atomic E-state index is 16.9. The second-order valence-electron chi connectivity index (χ2n) is 13.1. The van der Waals surface area contributed by atoms with Crippen LogP contribution in [0.25, 0.3) is 22.2 Å². The second-order valence-corrected chi connectivity index (χ2v) is 13.1. The predicted molar refractivity (Wildman–Crippen MR) is 163 cm³/mol. The highest BCUT2D eigenvalue weighted by Gasteiger charge is 2.47. The summed E-state index contributed by atoms with van der Waals surface area (Å²) in [4.78, 5) is 18.9. The lowest BCUT2D eigenvalue weighted by atomic mass is 9.95. The molecular weight excluding hydrogens is 587 g/mol. The van der Waals surface area contributed by atoms with Crippen molar-refractivity contribution in [1.29, 1.82) is 0 Å². The Morgan fingerprint density at radius 1 is 1.16 bits per heavy atom. The molecule has 6 atom stereocenters. The fourth-order valence-electron chi connectivity index (χ4n) is 8.31. The molecule has 0 radical (unpaired) electrons. The first kappa shape index (κ1) is 29.0. The molecule has 2 aromatic heterocycles. The predicted octanol–water partition coefficient (Wildman–Crippen LogP) is 3.86. The number of aromatic nitrogens is 3. The van der Waals surface area contributed by atoms with E-state index in [4.69, 9.17) is 24.9 Å². The Bertz CT molecular complexity index is 1640. The lowest BCUT2D eigenvalue weighted by molar-refractivity contribution is -0.0101. The molecule has 5 aliphatic rings. The Morgan fingerprint density at radius 3 is 2.87 bits per heavy atom. The molecule has 0 amide bonds. The van der Waals surface area contributed by atoms with Crippen molar-refractivity contribution in [3.05, 3.63) is 29.1 Å². The van der Waals surface area contributed by atoms with Crippen molar-refractivity contribution in [2.24, 2.45) is 0 Å². The molecule has 13 heteroatoms. The first-order valence-electron chi connectivity index (χ1n) is 16.0. The average Bonchev–Trinajstić information content (AvgIpc) is 3.57. The Kier molecular flexibility index (Phi) is 7.18. The lowest BCUT2D eigenvalue weighted by Crippen LogP contribution is -2.62. The van der Waals surface area contributed by atoms with E-state index in [1.165, 1.54) is 6.07 Å². The smallest absolute Gasteiger partial charge is 0.319 e. The van der Waals surface area contributed by atoms with Gasteiger partial charge in [-0.3, -0.25) is 4.90 Å². The molecule has 0 unspecified atom stereocenters. The minimum Gasteiger partial charge on any atom is -0.472 e. The number of alkyl halides is 2. The highest BCUT2D eigenvalue weighted by atomic mass is 19.3. The molecule has 4 saturated heterocycles. The minimum absolute atomic E-state index is 0.00697. The first-order chi connectivity index (χ1) is 21.7. The third-order valence-electron chi connectivity index (χ3n) is 10.3. The van der Waals surface area contributed by atoms with Crippen LogP contribution in [0.15, 0.2) is 12.1 Å². The highest BCUT2D eigenvalue weighted by molar-refractivity contribution is 5.97. The minimum atomic E-state index is -2.64. The maximum Gasteiger partial charge on any atom is 0.319 e. The summed E-state index contributed by atoms with van der Waals surface area (Å²) in [5.41, 5.74) is 7.37. The van der Waals surface area contributed by atoms with E-state index in [0.29, 0.717) is 48.3 Å². The Morgan fingerprint density at radius 2 is 2.02 bits per heavy atom. The number of piperazine rings is 1. The number of nitrogens with two attached hydrogens (primary N) is 1. The number of anilines is 2. The molecular formula is C32H38F3N7O3. The van der Waals surface area contributed by atoms with Crippen molar-refractivity contribution < 1.29 is 27.4 Å². The molecule has 0 aliphatic carbocycles. The Hall–Kier alpha value is -3.42. The van der Waals surface area contributed by atoms with Crippen molar-refractivity contribution in [1.82, 2.24) is 25.2 Å². The van der Waals surface area contributed by atoms with Crippen molar-refractivity contribution in [3.8, 4) is 23.1 Å². The molecule has 0 saturated carbocycles. The van der Waals surface area contributed by atoms with Crippen molar-refractivity contribution in [3.63, 3.8) is 0 Å². The first-order valence-corrected chi connectivity index (χ1v) is 16.0. The van der Waals surface area contributed by atoms with Gasteiger partial charge in [0.2, 0.25) is 12.3 Å². The van der Waals surface area contributed by atoms with Crippen LogP contribution in [0.3, 0.4) is 0 Å². The zero-order valence-electron chi connectivity index (χ0n) is 25.4. The summed E-state index contributed by atoms with van der Waals surface area (Å²) >= 11 is 0. The van der Waals surface area contributed by atoms with Crippen molar-refractivity contribution in [2.75, 3.05) is 43.5 Å². The molecule has 2 bridgehead atoms. The van der Waals surface area contributed by atoms with Crippen molar-refractivity contribution >= 4 is 22.4 Å². The van der Waals surface area contributed by atoms with Gasteiger partial charge >= 0.3 is 6.01 Å². The molecule has 7 heterocycles. The molecule has 10 nitrogen and oxygen atoms in total. The summed E-state index contributed by atoms with van der Waals surface area (Å²) in [5, 5.41) is 4.07. The van der Waals surface area contributed by atoms with Gasteiger partial charge in [-0.15, -0.1) is 0 Å². The van der Waals surface area contributed by atoms with Crippen LogP contribution in [0.4, 0.5) is 24.7 Å². The number of morpholine rings is 1. The average molecular weight is 626 g/mol. The van der Waals surface area contributed by atoms with E-state index in [9.17, 15) is 8.78 Å². The van der Waals surface area contributed by atoms with Gasteiger partial charge in [0.25, 0.3) is 0 Å². The number of nitrogens with one attached hydrogen (secondary N) is 1. The van der Waals surface area contributed by atoms with Gasteiger partial charge in [0.15, 0.2) is 5.82 Å². The topological polar surface area (TPSA) is 111 Å². The summed E-state index contributed by atoms with van der Waals surface area (Å²) in [6, 6.07) is 4.11. The van der Waals surface area contributed by atoms with Crippen LogP contribution < -0.4 is 25.4 Å². The number of aryl methyl sites for hydroxylation is 1. The lowest BCUT2D eigenvalue weighted by Gasteiger charge is -2.42. The summed E-state index contributed by atoms with van der Waals surface area (Å²) in [5.74, 6) is -0.0386. The van der Waals surface area contributed by atoms with Gasteiger partial charge in [-0.1, -0.05) is 0 Å². The molecule has 240 valence electrons. The summed E-state index contributed by atoms with van der Waals surface area (Å²) in [6.45, 7) is 6.97. The van der Waals surface area contributed by atoms with Crippen LogP contribution in [-0.2, 0) is 11.2 Å². The number of nitrogens with zero attached hydrogens (tertiary/aromatic N) is 5. The van der Waals surface area contributed by atoms with Crippen LogP contribution in [0.2, 0.25) is 0 Å². The largest absolute Gasteiger partial charge is 0.472 e. The number of rotatable bonds is 6. The van der Waals surface area contributed by atoms with Gasteiger partial charge in [-0.2, -0.15) is 9.97 Å². The number of nitrogen functional groups attached to an aromatic ring is 1. The van der Waals surface area contributed by atoms with Crippen LogP contribution in [0, 0.1) is 12.7 Å². The quantitative estimate of drug-likeness (QED) is 0.392. The van der Waals surface area contributed by atoms with Crippen molar-refractivity contribution in [2.45, 2.75) is 88.7 Å². The van der Waals surface area contributed by atoms with E-state index in [2.05, 4.69) is 25.1 Å². The fraction of sp³-hybridized carbons (Fsp3) is 0.594. The molecule has 3 N–H and O–H groups in total. The molecule has 5 aliphatic heterocycles. The van der Waals surface area contributed by atoms with E-state index in [1.807, 2.05) is 6.92 Å². The number of benzene rings is 1. The van der Waals surface area contributed by atoms with E-state index >= 15 is 4.39 Å². The van der Waals surface area contributed by atoms with E-state index < -0.39 is 18.7 Å². The fourth-order valence-corrected chi connectivity index (χ4v) is 8.31. The van der Waals surface area contributed by atoms with Gasteiger partial charge in [0, 0.05) is 54.9 Å². The van der Waals surface area contributed by atoms with E-state index in [1.54, 1.807) is 13.0 Å². The third-order valence-corrected chi connectivity index (χ3v) is 10.3. The van der Waals surface area contributed by atoms with Gasteiger partial charge < -0.3 is 30.2 Å². The zero-order valence-corrected chi connectivity index (χ0v) is 25.4. The number of halogens is 3. The van der Waals surface area contributed by atoms with Crippen LogP contribution in [0.5, 0.6) is 11.9 Å². The van der Waals surface area contributed by atoms with Gasteiger partial charge in [-0.05, 0) is 62.8 Å². The number of fused-ring (bicyclic) bond motifs is 6. The highest BCUT2D eigenvalue weighted by Crippen LogP contribution is 2.45. The zero-order chi connectivity index (χ0) is 31.0. The maximum absolute atomic E-state index is 16.9. The normalized spacial score (nSPS) is 29.1. The molecule has 8 rings (SSSR count). The number of ether oxygens (including phenoxy) is 3. The molecule has 3 aromatic rings. The molecule has 1 aromatic carbocycles. The summed E-state index contributed by atoms with van der Waals surface area (Å²) < 4.78 is 62.8. The van der Waals surface area contributed by atoms with Gasteiger partial charge in [0.05, 0.1) is 19.3 Å². The molecule has 4 fully saturated rings. The van der Waals surface area contributed by atoms with E-state index in [0.717, 1.165) is 38.8 Å². The third kappa shape index (κ3) is 4.94. The summed E-state index contributed by atoms with van der Waals surface area (Å²) in [7, 11) is 0. The van der Waals surface area contributed by atoms with Gasteiger partial charge in [-0.25, -0.2) is 18.2 Å². The Labute approximate surface area is 259 Å². The SMILES string of the molecule is Cc1cc(N)cc(-c2nc3c4c(nc(OC[C@@H]5CC[C@H]6COCCN65)nc4c2F)N2C[C@H]4CC[C@H](N4)[C@H]2[C@H](C)O3)c1CC(F)F. The monoisotopic (exact) mass is 625 g/mol. The molecule has 0 spiro atoms. The van der Waals surface area contributed by atoms with Crippen LogP contribution in [0.1, 0.15) is 43.7 Å². The number of hydrogen-bond acceptors (Lipinski definition) is 10.